The average molecular weight is 274 g/mol. The number of nitrogens with zero attached hydrogens (tertiary/aromatic N) is 1. The smallest absolute Gasteiger partial charge is 0.255 e. The zero-order valence-electron chi connectivity index (χ0n) is 12.7. The van der Waals surface area contributed by atoms with Crippen molar-refractivity contribution in [3.8, 4) is 0 Å². The summed E-state index contributed by atoms with van der Waals surface area (Å²) in [4.78, 5) is 12.9. The summed E-state index contributed by atoms with van der Waals surface area (Å²) in [5.41, 5.74) is 3.51. The molecule has 0 atom stereocenters. The molecule has 110 valence electrons. The molecule has 3 rings (SSSR count). The van der Waals surface area contributed by atoms with Crippen LogP contribution in [0.15, 0.2) is 10.9 Å². The minimum Gasteiger partial charge on any atom is -0.310 e. The standard InChI is InChI=1S/C17H26N2O/c1-12-10-13(2)19(15-6-4-3-5-7-15)17(20)16(12)11-18-14-8-9-14/h10,14-15,18H,3-9,11H2,1-2H3. The highest BCUT2D eigenvalue weighted by Gasteiger charge is 2.23. The first kappa shape index (κ1) is 13.9. The van der Waals surface area contributed by atoms with E-state index < -0.39 is 0 Å². The topological polar surface area (TPSA) is 34.0 Å². The summed E-state index contributed by atoms with van der Waals surface area (Å²) in [6, 6.07) is 3.27. The average Bonchev–Trinajstić information content (AvgIpc) is 3.23. The van der Waals surface area contributed by atoms with E-state index in [9.17, 15) is 4.79 Å². The van der Waals surface area contributed by atoms with Crippen LogP contribution in [0, 0.1) is 13.8 Å². The van der Waals surface area contributed by atoms with Crippen LogP contribution in [0.25, 0.3) is 0 Å². The molecule has 1 aromatic rings. The van der Waals surface area contributed by atoms with Crippen LogP contribution in [0.3, 0.4) is 0 Å². The fourth-order valence-corrected chi connectivity index (χ4v) is 3.49. The summed E-state index contributed by atoms with van der Waals surface area (Å²) >= 11 is 0. The van der Waals surface area contributed by atoms with Crippen LogP contribution < -0.4 is 10.9 Å². The summed E-state index contributed by atoms with van der Waals surface area (Å²) in [6.07, 6.45) is 8.72. The lowest BCUT2D eigenvalue weighted by Crippen LogP contribution is -2.33. The highest BCUT2D eigenvalue weighted by Crippen LogP contribution is 2.28. The Morgan fingerprint density at radius 3 is 2.50 bits per heavy atom. The van der Waals surface area contributed by atoms with Crippen LogP contribution in [-0.4, -0.2) is 10.6 Å². The van der Waals surface area contributed by atoms with E-state index in [4.69, 9.17) is 0 Å². The molecule has 1 aromatic heterocycles. The lowest BCUT2D eigenvalue weighted by Gasteiger charge is -2.27. The van der Waals surface area contributed by atoms with Gasteiger partial charge in [0.1, 0.15) is 0 Å². The van der Waals surface area contributed by atoms with Gasteiger partial charge in [-0.05, 0) is 51.2 Å². The van der Waals surface area contributed by atoms with Crippen molar-refractivity contribution in [3.05, 3.63) is 33.2 Å². The zero-order valence-corrected chi connectivity index (χ0v) is 12.7. The first-order valence-corrected chi connectivity index (χ1v) is 8.12. The molecule has 2 aliphatic rings. The van der Waals surface area contributed by atoms with Crippen molar-refractivity contribution in [2.24, 2.45) is 0 Å². The van der Waals surface area contributed by atoms with E-state index in [1.165, 1.54) is 44.9 Å². The largest absolute Gasteiger partial charge is 0.310 e. The van der Waals surface area contributed by atoms with Crippen LogP contribution in [0.2, 0.25) is 0 Å². The Labute approximate surface area is 121 Å². The number of nitrogens with one attached hydrogen (secondary N) is 1. The molecule has 3 nitrogen and oxygen atoms in total. The Bertz CT molecular complexity index is 537. The molecule has 0 radical (unpaired) electrons. The molecule has 1 heterocycles. The third kappa shape index (κ3) is 2.83. The SMILES string of the molecule is Cc1cc(C)n(C2CCCCC2)c(=O)c1CNC1CC1. The molecule has 2 saturated carbocycles. The van der Waals surface area contributed by atoms with Gasteiger partial charge in [0.05, 0.1) is 0 Å². The summed E-state index contributed by atoms with van der Waals surface area (Å²) in [5.74, 6) is 0. The predicted octanol–water partition coefficient (Wildman–Crippen LogP) is 3.22. The summed E-state index contributed by atoms with van der Waals surface area (Å²) in [7, 11) is 0. The highest BCUT2D eigenvalue weighted by molar-refractivity contribution is 5.27. The Morgan fingerprint density at radius 1 is 1.15 bits per heavy atom. The van der Waals surface area contributed by atoms with E-state index in [-0.39, 0.29) is 5.56 Å². The Hall–Kier alpha value is -1.09. The van der Waals surface area contributed by atoms with Crippen LogP contribution >= 0.6 is 0 Å². The predicted molar refractivity (Wildman–Crippen MR) is 82.2 cm³/mol. The normalized spacial score (nSPS) is 20.3. The molecule has 20 heavy (non-hydrogen) atoms. The van der Waals surface area contributed by atoms with E-state index in [0.717, 1.165) is 23.4 Å². The molecular weight excluding hydrogens is 248 g/mol. The second kappa shape index (κ2) is 5.72. The second-order valence-corrected chi connectivity index (χ2v) is 6.57. The van der Waals surface area contributed by atoms with Crippen molar-refractivity contribution in [3.63, 3.8) is 0 Å². The number of rotatable bonds is 4. The Kier molecular flexibility index (Phi) is 3.97. The van der Waals surface area contributed by atoms with Crippen molar-refractivity contribution in [2.75, 3.05) is 0 Å². The fraction of sp³-hybridized carbons (Fsp3) is 0.706. The molecular formula is C17H26N2O. The highest BCUT2D eigenvalue weighted by atomic mass is 16.1. The van der Waals surface area contributed by atoms with Crippen LogP contribution in [0.5, 0.6) is 0 Å². The van der Waals surface area contributed by atoms with Crippen molar-refractivity contribution in [1.29, 1.82) is 0 Å². The number of pyridine rings is 1. The summed E-state index contributed by atoms with van der Waals surface area (Å²) < 4.78 is 2.08. The van der Waals surface area contributed by atoms with E-state index >= 15 is 0 Å². The maximum absolute atomic E-state index is 12.9. The second-order valence-electron chi connectivity index (χ2n) is 6.57. The minimum absolute atomic E-state index is 0.252. The van der Waals surface area contributed by atoms with Gasteiger partial charge in [0.2, 0.25) is 0 Å². The lowest BCUT2D eigenvalue weighted by atomic mass is 9.94. The minimum atomic E-state index is 0.252. The molecule has 0 spiro atoms. The molecule has 0 aromatic carbocycles. The third-order valence-corrected chi connectivity index (χ3v) is 4.84. The van der Waals surface area contributed by atoms with Gasteiger partial charge in [-0.3, -0.25) is 4.79 Å². The Morgan fingerprint density at radius 2 is 1.85 bits per heavy atom. The quantitative estimate of drug-likeness (QED) is 0.914. The van der Waals surface area contributed by atoms with Gasteiger partial charge >= 0.3 is 0 Å². The summed E-state index contributed by atoms with van der Waals surface area (Å²) in [5, 5.41) is 3.49. The van der Waals surface area contributed by atoms with Crippen molar-refractivity contribution in [1.82, 2.24) is 9.88 Å². The monoisotopic (exact) mass is 274 g/mol. The van der Waals surface area contributed by atoms with E-state index in [2.05, 4.69) is 29.8 Å². The Balaban J connectivity index is 1.91. The van der Waals surface area contributed by atoms with Crippen LogP contribution in [-0.2, 0) is 6.54 Å². The first-order chi connectivity index (χ1) is 9.66. The lowest BCUT2D eigenvalue weighted by molar-refractivity contribution is 0.340. The van der Waals surface area contributed by atoms with Crippen molar-refractivity contribution >= 4 is 0 Å². The number of hydrogen-bond acceptors (Lipinski definition) is 2. The molecule has 0 amide bonds. The van der Waals surface area contributed by atoms with E-state index in [0.29, 0.717) is 12.1 Å². The van der Waals surface area contributed by atoms with Gasteiger partial charge in [-0.15, -0.1) is 0 Å². The van der Waals surface area contributed by atoms with Crippen LogP contribution in [0.4, 0.5) is 0 Å². The molecule has 2 aliphatic carbocycles. The zero-order chi connectivity index (χ0) is 14.1. The molecule has 2 fully saturated rings. The molecule has 3 heteroatoms. The van der Waals surface area contributed by atoms with E-state index in [1.807, 2.05) is 0 Å². The van der Waals surface area contributed by atoms with Gasteiger partial charge in [-0.25, -0.2) is 0 Å². The molecule has 0 aliphatic heterocycles. The summed E-state index contributed by atoms with van der Waals surface area (Å²) in [6.45, 7) is 4.90. The van der Waals surface area contributed by atoms with Gasteiger partial charge < -0.3 is 9.88 Å². The number of aromatic nitrogens is 1. The van der Waals surface area contributed by atoms with Crippen LogP contribution in [0.1, 0.15) is 67.8 Å². The van der Waals surface area contributed by atoms with E-state index in [1.54, 1.807) is 0 Å². The molecule has 1 N–H and O–H groups in total. The van der Waals surface area contributed by atoms with Gasteiger partial charge in [0.25, 0.3) is 5.56 Å². The molecule has 0 unspecified atom stereocenters. The van der Waals surface area contributed by atoms with Gasteiger partial charge in [-0.2, -0.15) is 0 Å². The van der Waals surface area contributed by atoms with Crippen molar-refractivity contribution < 1.29 is 0 Å². The molecule has 0 saturated heterocycles. The molecule has 0 bridgehead atoms. The maximum atomic E-state index is 12.9. The van der Waals surface area contributed by atoms with Gasteiger partial charge in [0, 0.05) is 29.9 Å². The van der Waals surface area contributed by atoms with Gasteiger partial charge in [-0.1, -0.05) is 19.3 Å². The number of aryl methyl sites for hydroxylation is 2. The fourth-order valence-electron chi connectivity index (χ4n) is 3.49. The first-order valence-electron chi connectivity index (χ1n) is 8.12. The van der Waals surface area contributed by atoms with Crippen molar-refractivity contribution in [2.45, 2.75) is 77.4 Å². The number of hydrogen-bond donors (Lipinski definition) is 1. The maximum Gasteiger partial charge on any atom is 0.255 e. The third-order valence-electron chi connectivity index (χ3n) is 4.84. The van der Waals surface area contributed by atoms with Gasteiger partial charge in [0.15, 0.2) is 0 Å².